The zero-order valence-corrected chi connectivity index (χ0v) is 32.3. The van der Waals surface area contributed by atoms with Crippen LogP contribution >= 0.6 is 0 Å². The Bertz CT molecular complexity index is 1090. The number of fused-ring (bicyclic) bond motifs is 5. The Morgan fingerprint density at radius 3 is 2.24 bits per heavy atom. The van der Waals surface area contributed by atoms with Gasteiger partial charge in [0.2, 0.25) is 0 Å². The molecule has 0 bridgehead atoms. The SMILES string of the molecule is CCCCCCCOC(=O)CC[C@@H](C)[C@H]1CC[C@H]2[C@@H]3[C@H](OC(=O)CCC)C[C@@H]4C[C@H](OC(=O)CCN)CC[C@]4(C)[C@H]3C[C@H](OCCCN)[C@]12C. The van der Waals surface area contributed by atoms with Gasteiger partial charge in [-0.15, -0.1) is 0 Å². The maximum Gasteiger partial charge on any atom is 0.307 e. The molecule has 9 heteroatoms. The fourth-order valence-corrected chi connectivity index (χ4v) is 11.2. The average molecular weight is 705 g/mol. The molecular formula is C41H72N2O7. The molecule has 4 N–H and O–H groups in total. The van der Waals surface area contributed by atoms with Crippen molar-refractivity contribution in [2.45, 2.75) is 169 Å². The van der Waals surface area contributed by atoms with E-state index in [9.17, 15) is 14.4 Å². The van der Waals surface area contributed by atoms with Crippen molar-refractivity contribution in [2.75, 3.05) is 26.3 Å². The van der Waals surface area contributed by atoms with Gasteiger partial charge in [-0.2, -0.15) is 0 Å². The molecule has 0 amide bonds. The minimum atomic E-state index is -0.218. The van der Waals surface area contributed by atoms with Crippen LogP contribution in [0.4, 0.5) is 0 Å². The van der Waals surface area contributed by atoms with Gasteiger partial charge in [-0.25, -0.2) is 0 Å². The molecule has 0 unspecified atom stereocenters. The number of hydrogen-bond acceptors (Lipinski definition) is 9. The first-order valence-corrected chi connectivity index (χ1v) is 20.6. The fourth-order valence-electron chi connectivity index (χ4n) is 11.2. The number of unbranched alkanes of at least 4 members (excludes halogenated alkanes) is 4. The van der Waals surface area contributed by atoms with Crippen molar-refractivity contribution < 1.29 is 33.3 Å². The highest BCUT2D eigenvalue weighted by Crippen LogP contribution is 2.69. The van der Waals surface area contributed by atoms with Crippen LogP contribution in [0.15, 0.2) is 0 Å². The van der Waals surface area contributed by atoms with Crippen LogP contribution < -0.4 is 11.5 Å². The Morgan fingerprint density at radius 1 is 0.760 bits per heavy atom. The summed E-state index contributed by atoms with van der Waals surface area (Å²) in [6.07, 6.45) is 15.5. The summed E-state index contributed by atoms with van der Waals surface area (Å²) >= 11 is 0. The first-order valence-electron chi connectivity index (χ1n) is 20.6. The van der Waals surface area contributed by atoms with Gasteiger partial charge in [-0.05, 0) is 112 Å². The Morgan fingerprint density at radius 2 is 1.52 bits per heavy atom. The van der Waals surface area contributed by atoms with Gasteiger partial charge >= 0.3 is 17.9 Å². The van der Waals surface area contributed by atoms with Gasteiger partial charge < -0.3 is 30.4 Å². The molecule has 288 valence electrons. The standard InChI is InChI=1S/C41H72N2O7/c1-6-8-9-10-11-23-48-36(44)17-14-28(3)31-15-16-32-39-33(27-35(41(31,32)5)47-24-12-21-42)40(4)20-18-30(49-38(46)19-22-43)25-29(40)26-34(39)50-37(45)13-7-2/h28-35,39H,6-27,42-43H2,1-5H3/t28-,29+,30-,31-,32+,33+,34-,35+,39+,40+,41-/m1/s1. The predicted octanol–water partition coefficient (Wildman–Crippen LogP) is 7.50. The molecule has 0 aromatic heterocycles. The molecule has 4 fully saturated rings. The lowest BCUT2D eigenvalue weighted by Gasteiger charge is -2.64. The van der Waals surface area contributed by atoms with E-state index in [1.807, 2.05) is 6.92 Å². The second-order valence-electron chi connectivity index (χ2n) is 16.9. The predicted molar refractivity (Wildman–Crippen MR) is 196 cm³/mol. The Labute approximate surface area is 303 Å². The molecule has 4 saturated carbocycles. The third-order valence-electron chi connectivity index (χ3n) is 13.8. The van der Waals surface area contributed by atoms with Gasteiger partial charge in [0.25, 0.3) is 0 Å². The second kappa shape index (κ2) is 19.4. The molecule has 9 nitrogen and oxygen atoms in total. The van der Waals surface area contributed by atoms with Crippen LogP contribution in [0.2, 0.25) is 0 Å². The van der Waals surface area contributed by atoms with E-state index in [0.29, 0.717) is 62.8 Å². The Kier molecular flexibility index (Phi) is 15.9. The maximum atomic E-state index is 13.2. The van der Waals surface area contributed by atoms with Crippen LogP contribution in [-0.4, -0.2) is 62.5 Å². The summed E-state index contributed by atoms with van der Waals surface area (Å²) in [6, 6.07) is 0. The summed E-state index contributed by atoms with van der Waals surface area (Å²) in [5, 5.41) is 0. The van der Waals surface area contributed by atoms with Crippen LogP contribution in [0.3, 0.4) is 0 Å². The van der Waals surface area contributed by atoms with E-state index in [0.717, 1.165) is 77.0 Å². The van der Waals surface area contributed by atoms with Gasteiger partial charge in [0.05, 0.1) is 19.1 Å². The zero-order chi connectivity index (χ0) is 36.3. The van der Waals surface area contributed by atoms with E-state index in [2.05, 4.69) is 27.7 Å². The highest BCUT2D eigenvalue weighted by molar-refractivity contribution is 5.70. The first-order chi connectivity index (χ1) is 24.0. The largest absolute Gasteiger partial charge is 0.466 e. The summed E-state index contributed by atoms with van der Waals surface area (Å²) in [4.78, 5) is 38.4. The van der Waals surface area contributed by atoms with Gasteiger partial charge in [0.1, 0.15) is 12.2 Å². The van der Waals surface area contributed by atoms with Crippen molar-refractivity contribution >= 4 is 17.9 Å². The summed E-state index contributed by atoms with van der Waals surface area (Å²) in [6.45, 7) is 13.5. The number of carbonyl (C=O) groups is 3. The van der Waals surface area contributed by atoms with Gasteiger partial charge in [0, 0.05) is 37.3 Å². The molecule has 4 aliphatic carbocycles. The third-order valence-corrected chi connectivity index (χ3v) is 13.8. The van der Waals surface area contributed by atoms with Crippen LogP contribution in [0.5, 0.6) is 0 Å². The van der Waals surface area contributed by atoms with Crippen molar-refractivity contribution in [3.63, 3.8) is 0 Å². The smallest absolute Gasteiger partial charge is 0.307 e. The van der Waals surface area contributed by atoms with E-state index < -0.39 is 0 Å². The number of nitrogens with two attached hydrogens (primary N) is 2. The molecule has 4 aliphatic rings. The number of esters is 3. The lowest BCUT2D eigenvalue weighted by molar-refractivity contribution is -0.226. The van der Waals surface area contributed by atoms with Gasteiger partial charge in [-0.1, -0.05) is 60.3 Å². The minimum absolute atomic E-state index is 0.0376. The number of ether oxygens (including phenoxy) is 4. The lowest BCUT2D eigenvalue weighted by Crippen LogP contribution is -2.63. The van der Waals surface area contributed by atoms with Gasteiger partial charge in [-0.3, -0.25) is 14.4 Å². The van der Waals surface area contributed by atoms with Crippen molar-refractivity contribution in [3.8, 4) is 0 Å². The topological polar surface area (TPSA) is 140 Å². The molecular weight excluding hydrogens is 632 g/mol. The molecule has 0 aromatic carbocycles. The van der Waals surface area contributed by atoms with E-state index in [-0.39, 0.29) is 65.3 Å². The molecule has 11 atom stereocenters. The molecule has 0 aromatic rings. The minimum Gasteiger partial charge on any atom is -0.466 e. The first kappa shape index (κ1) is 41.1. The summed E-state index contributed by atoms with van der Waals surface area (Å²) in [5.74, 6) is 1.57. The van der Waals surface area contributed by atoms with Gasteiger partial charge in [0.15, 0.2) is 0 Å². The van der Waals surface area contributed by atoms with E-state index in [4.69, 9.17) is 30.4 Å². The average Bonchev–Trinajstić information content (AvgIpc) is 3.44. The number of carbonyl (C=O) groups excluding carboxylic acids is 3. The lowest BCUT2D eigenvalue weighted by atomic mass is 9.43. The third kappa shape index (κ3) is 9.63. The summed E-state index contributed by atoms with van der Waals surface area (Å²) in [7, 11) is 0. The van der Waals surface area contributed by atoms with Crippen LogP contribution in [0, 0.1) is 46.3 Å². The van der Waals surface area contributed by atoms with Crippen LogP contribution in [0.1, 0.15) is 150 Å². The Balaban J connectivity index is 1.55. The van der Waals surface area contributed by atoms with Crippen molar-refractivity contribution in [2.24, 2.45) is 57.8 Å². The number of hydrogen-bond donors (Lipinski definition) is 2. The highest BCUT2D eigenvalue weighted by Gasteiger charge is 2.67. The Hall–Kier alpha value is -1.71. The fraction of sp³-hybridized carbons (Fsp3) is 0.927. The van der Waals surface area contributed by atoms with Crippen molar-refractivity contribution in [3.05, 3.63) is 0 Å². The molecule has 0 spiro atoms. The molecule has 0 heterocycles. The molecule has 4 rings (SSSR count). The van der Waals surface area contributed by atoms with Crippen LogP contribution in [0.25, 0.3) is 0 Å². The summed E-state index contributed by atoms with van der Waals surface area (Å²) < 4.78 is 25.0. The summed E-state index contributed by atoms with van der Waals surface area (Å²) in [5.41, 5.74) is 11.5. The van der Waals surface area contributed by atoms with Crippen molar-refractivity contribution in [1.29, 1.82) is 0 Å². The van der Waals surface area contributed by atoms with E-state index in [1.165, 1.54) is 19.3 Å². The highest BCUT2D eigenvalue weighted by atomic mass is 16.6. The van der Waals surface area contributed by atoms with E-state index >= 15 is 0 Å². The quantitative estimate of drug-likeness (QED) is 0.0749. The van der Waals surface area contributed by atoms with Crippen LogP contribution in [-0.2, 0) is 33.3 Å². The molecule has 0 saturated heterocycles. The van der Waals surface area contributed by atoms with Crippen molar-refractivity contribution in [1.82, 2.24) is 0 Å². The zero-order valence-electron chi connectivity index (χ0n) is 32.3. The molecule has 0 radical (unpaired) electrons. The maximum absolute atomic E-state index is 13.2. The second-order valence-corrected chi connectivity index (χ2v) is 16.9. The molecule has 50 heavy (non-hydrogen) atoms. The normalized spacial score (nSPS) is 35.3. The van der Waals surface area contributed by atoms with E-state index in [1.54, 1.807) is 0 Å². The monoisotopic (exact) mass is 705 g/mol. The number of rotatable bonds is 20. The molecule has 0 aliphatic heterocycles.